The highest BCUT2D eigenvalue weighted by molar-refractivity contribution is 5.97. The topological polar surface area (TPSA) is 64.4 Å². The van der Waals surface area contributed by atoms with Crippen LogP contribution in [0.3, 0.4) is 0 Å². The first-order chi connectivity index (χ1) is 12.0. The lowest BCUT2D eigenvalue weighted by Gasteiger charge is -2.32. The summed E-state index contributed by atoms with van der Waals surface area (Å²) in [4.78, 5) is 32.1. The van der Waals surface area contributed by atoms with E-state index in [1.165, 1.54) is 0 Å². The van der Waals surface area contributed by atoms with Crippen molar-refractivity contribution < 1.29 is 9.53 Å². The van der Waals surface area contributed by atoms with E-state index < -0.39 is 0 Å². The lowest BCUT2D eigenvalue weighted by atomic mass is 9.98. The summed E-state index contributed by atoms with van der Waals surface area (Å²) in [6.45, 7) is 6.51. The molecule has 1 fully saturated rings. The number of aromatic nitrogens is 2. The summed E-state index contributed by atoms with van der Waals surface area (Å²) in [5.41, 5.74) is 1.50. The maximum absolute atomic E-state index is 13.0. The Balaban J connectivity index is 2.00. The van der Waals surface area contributed by atoms with Gasteiger partial charge in [-0.2, -0.15) is 0 Å². The minimum atomic E-state index is -0.230. The Morgan fingerprint density at radius 3 is 2.92 bits per heavy atom. The van der Waals surface area contributed by atoms with Crippen molar-refractivity contribution in [3.8, 4) is 0 Å². The molecular formula is C19H25N3O3. The number of pyridine rings is 2. The minimum Gasteiger partial charge on any atom is -0.384 e. The molecule has 1 amide bonds. The number of carbonyl (C=O) groups is 1. The fourth-order valence-corrected chi connectivity index (χ4v) is 3.54. The fourth-order valence-electron chi connectivity index (χ4n) is 3.54. The van der Waals surface area contributed by atoms with Gasteiger partial charge in [0.15, 0.2) is 0 Å². The number of aryl methyl sites for hydroxylation is 2. The molecule has 0 N–H and O–H groups in total. The van der Waals surface area contributed by atoms with E-state index in [1.54, 1.807) is 24.3 Å². The second kappa shape index (κ2) is 7.35. The van der Waals surface area contributed by atoms with E-state index in [9.17, 15) is 9.59 Å². The Bertz CT molecular complexity index is 842. The molecule has 0 saturated carbocycles. The predicted octanol–water partition coefficient (Wildman–Crippen LogP) is 2.22. The van der Waals surface area contributed by atoms with Gasteiger partial charge in [-0.15, -0.1) is 0 Å². The van der Waals surface area contributed by atoms with Crippen LogP contribution in [0.1, 0.15) is 35.8 Å². The van der Waals surface area contributed by atoms with E-state index in [1.807, 2.05) is 24.5 Å². The van der Waals surface area contributed by atoms with E-state index in [4.69, 9.17) is 4.74 Å². The Hall–Kier alpha value is -2.21. The van der Waals surface area contributed by atoms with Gasteiger partial charge in [0, 0.05) is 38.6 Å². The highest BCUT2D eigenvalue weighted by atomic mass is 16.5. The van der Waals surface area contributed by atoms with E-state index >= 15 is 0 Å². The molecule has 2 aromatic rings. The van der Waals surface area contributed by atoms with E-state index in [-0.39, 0.29) is 16.9 Å². The number of hydrogen-bond acceptors (Lipinski definition) is 4. The molecule has 1 aliphatic rings. The third-order valence-electron chi connectivity index (χ3n) is 4.84. The van der Waals surface area contributed by atoms with Crippen molar-refractivity contribution in [2.24, 2.45) is 5.92 Å². The van der Waals surface area contributed by atoms with Gasteiger partial charge in [0.25, 0.3) is 5.91 Å². The Morgan fingerprint density at radius 1 is 1.40 bits per heavy atom. The monoisotopic (exact) mass is 343 g/mol. The fraction of sp³-hybridized carbons (Fsp3) is 0.526. The first-order valence-corrected chi connectivity index (χ1v) is 8.84. The number of rotatable bonds is 4. The normalized spacial score (nSPS) is 17.9. The largest absolute Gasteiger partial charge is 0.384 e. The second-order valence-corrected chi connectivity index (χ2v) is 6.70. The van der Waals surface area contributed by atoms with Crippen LogP contribution >= 0.6 is 0 Å². The third kappa shape index (κ3) is 3.44. The number of amides is 1. The quantitative estimate of drug-likeness (QED) is 0.854. The number of hydrogen-bond donors (Lipinski definition) is 0. The average molecular weight is 343 g/mol. The molecule has 0 radical (unpaired) electrons. The molecule has 0 bridgehead atoms. The zero-order chi connectivity index (χ0) is 18.0. The van der Waals surface area contributed by atoms with Crippen molar-refractivity contribution in [3.05, 3.63) is 39.8 Å². The molecule has 2 aromatic heterocycles. The molecule has 1 atom stereocenters. The molecule has 3 heterocycles. The van der Waals surface area contributed by atoms with Crippen LogP contribution in [-0.4, -0.2) is 47.2 Å². The van der Waals surface area contributed by atoms with Crippen LogP contribution in [0, 0.1) is 12.8 Å². The smallest absolute Gasteiger partial charge is 0.259 e. The molecule has 134 valence electrons. The average Bonchev–Trinajstić information content (AvgIpc) is 2.62. The second-order valence-electron chi connectivity index (χ2n) is 6.70. The zero-order valence-electron chi connectivity index (χ0n) is 15.1. The van der Waals surface area contributed by atoms with Crippen molar-refractivity contribution >= 4 is 16.9 Å². The summed E-state index contributed by atoms with van der Waals surface area (Å²) in [7, 11) is 1.68. The van der Waals surface area contributed by atoms with Crippen molar-refractivity contribution in [2.75, 3.05) is 26.8 Å². The van der Waals surface area contributed by atoms with Crippen molar-refractivity contribution in [1.29, 1.82) is 0 Å². The van der Waals surface area contributed by atoms with Crippen LogP contribution in [0.2, 0.25) is 0 Å². The van der Waals surface area contributed by atoms with Gasteiger partial charge in [0.05, 0.1) is 12.0 Å². The number of likely N-dealkylation sites (tertiary alicyclic amines) is 1. The van der Waals surface area contributed by atoms with Crippen LogP contribution in [0.25, 0.3) is 11.0 Å². The number of methoxy groups -OCH3 is 1. The van der Waals surface area contributed by atoms with Crippen LogP contribution < -0.4 is 5.43 Å². The summed E-state index contributed by atoms with van der Waals surface area (Å²) < 4.78 is 7.11. The Morgan fingerprint density at radius 2 is 2.20 bits per heavy atom. The highest BCUT2D eigenvalue weighted by Crippen LogP contribution is 2.19. The number of fused-ring (bicyclic) bond motifs is 1. The number of ether oxygens (including phenoxy) is 1. The van der Waals surface area contributed by atoms with Gasteiger partial charge in [-0.25, -0.2) is 4.98 Å². The van der Waals surface area contributed by atoms with Crippen molar-refractivity contribution in [2.45, 2.75) is 33.2 Å². The molecule has 1 unspecified atom stereocenters. The molecule has 3 rings (SSSR count). The maximum Gasteiger partial charge on any atom is 0.259 e. The molecule has 0 aliphatic carbocycles. The lowest BCUT2D eigenvalue weighted by Crippen LogP contribution is -2.42. The van der Waals surface area contributed by atoms with Gasteiger partial charge in [-0.05, 0) is 44.7 Å². The standard InChI is InChI=1S/C19H25N3O3/c1-4-21-11-16(17(23)15-8-7-13(2)20-18(15)21)19(24)22-9-5-6-14(10-22)12-25-3/h7-8,11,14H,4-6,9-10,12H2,1-3H3. The Kier molecular flexibility index (Phi) is 5.18. The molecule has 0 aromatic carbocycles. The summed E-state index contributed by atoms with van der Waals surface area (Å²) in [6, 6.07) is 3.58. The molecule has 1 saturated heterocycles. The molecule has 6 nitrogen and oxygen atoms in total. The van der Waals surface area contributed by atoms with Gasteiger partial charge in [0.2, 0.25) is 5.43 Å². The van der Waals surface area contributed by atoms with Gasteiger partial charge in [-0.1, -0.05) is 0 Å². The summed E-state index contributed by atoms with van der Waals surface area (Å²) >= 11 is 0. The van der Waals surface area contributed by atoms with Gasteiger partial charge >= 0.3 is 0 Å². The lowest BCUT2D eigenvalue weighted by molar-refractivity contribution is 0.0569. The SMILES string of the molecule is CCn1cc(C(=O)N2CCCC(COC)C2)c(=O)c2ccc(C)nc21. The first-order valence-electron chi connectivity index (χ1n) is 8.84. The van der Waals surface area contributed by atoms with Crippen LogP contribution in [0.15, 0.2) is 23.1 Å². The third-order valence-corrected chi connectivity index (χ3v) is 4.84. The van der Waals surface area contributed by atoms with Gasteiger partial charge in [-0.3, -0.25) is 9.59 Å². The highest BCUT2D eigenvalue weighted by Gasteiger charge is 2.27. The van der Waals surface area contributed by atoms with Crippen LogP contribution in [0.4, 0.5) is 0 Å². The van der Waals surface area contributed by atoms with Crippen molar-refractivity contribution in [1.82, 2.24) is 14.5 Å². The van der Waals surface area contributed by atoms with Gasteiger partial charge < -0.3 is 14.2 Å². The summed E-state index contributed by atoms with van der Waals surface area (Å²) in [5, 5.41) is 0.503. The van der Waals surface area contributed by atoms with E-state index in [0.717, 1.165) is 18.5 Å². The number of carbonyl (C=O) groups excluding carboxylic acids is 1. The maximum atomic E-state index is 13.0. The van der Waals surface area contributed by atoms with Crippen molar-refractivity contribution in [3.63, 3.8) is 0 Å². The van der Waals surface area contributed by atoms with Gasteiger partial charge in [0.1, 0.15) is 11.2 Å². The van der Waals surface area contributed by atoms with E-state index in [0.29, 0.717) is 43.2 Å². The predicted molar refractivity (Wildman–Crippen MR) is 96.9 cm³/mol. The molecule has 25 heavy (non-hydrogen) atoms. The molecule has 1 aliphatic heterocycles. The minimum absolute atomic E-state index is 0.185. The zero-order valence-corrected chi connectivity index (χ0v) is 15.1. The number of nitrogens with zero attached hydrogens (tertiary/aromatic N) is 3. The van der Waals surface area contributed by atoms with Crippen LogP contribution in [-0.2, 0) is 11.3 Å². The molecule has 0 spiro atoms. The Labute approximate surface area is 147 Å². The van der Waals surface area contributed by atoms with E-state index in [2.05, 4.69) is 4.98 Å². The van der Waals surface area contributed by atoms with Crippen LogP contribution in [0.5, 0.6) is 0 Å². The summed E-state index contributed by atoms with van der Waals surface area (Å²) in [6.07, 6.45) is 3.66. The molecular weight excluding hydrogens is 318 g/mol. The first kappa shape index (κ1) is 17.6. The number of piperidine rings is 1. The molecule has 6 heteroatoms. The summed E-state index contributed by atoms with van der Waals surface area (Å²) in [5.74, 6) is 0.149.